The lowest BCUT2D eigenvalue weighted by molar-refractivity contribution is 0.398. The number of halogens is 1. The Morgan fingerprint density at radius 2 is 2.00 bits per heavy atom. The molecule has 2 rings (SSSR count). The third-order valence-corrected chi connectivity index (χ3v) is 3.64. The van der Waals surface area contributed by atoms with E-state index in [9.17, 15) is 0 Å². The van der Waals surface area contributed by atoms with Gasteiger partial charge in [0.05, 0.1) is 0 Å². The van der Waals surface area contributed by atoms with Crippen LogP contribution in [-0.4, -0.2) is 43.2 Å². The van der Waals surface area contributed by atoms with Gasteiger partial charge in [-0.25, -0.2) is 0 Å². The van der Waals surface area contributed by atoms with Gasteiger partial charge in [0.25, 0.3) is 0 Å². The fraction of sp³-hybridized carbons (Fsp3) is 0.429. The summed E-state index contributed by atoms with van der Waals surface area (Å²) < 4.78 is 3.47. The van der Waals surface area contributed by atoms with Crippen LogP contribution in [0.2, 0.25) is 0 Å². The van der Waals surface area contributed by atoms with E-state index < -0.39 is 0 Å². The Morgan fingerprint density at radius 1 is 1.22 bits per heavy atom. The van der Waals surface area contributed by atoms with Crippen LogP contribution in [0.15, 0.2) is 34.9 Å². The first-order valence-electron chi connectivity index (χ1n) is 6.27. The number of nitrogens with zero attached hydrogens (tertiary/aromatic N) is 2. The van der Waals surface area contributed by atoms with Crippen molar-refractivity contribution in [1.82, 2.24) is 14.8 Å². The number of benzene rings is 1. The van der Waals surface area contributed by atoms with Gasteiger partial charge in [-0.15, -0.1) is 0 Å². The van der Waals surface area contributed by atoms with Gasteiger partial charge in [-0.2, -0.15) is 0 Å². The van der Waals surface area contributed by atoms with E-state index in [2.05, 4.69) is 75.3 Å². The fourth-order valence-electron chi connectivity index (χ4n) is 2.01. The molecule has 1 heterocycles. The average Bonchev–Trinajstić information content (AvgIpc) is 2.66. The Bertz CT molecular complexity index is 505. The zero-order valence-corrected chi connectivity index (χ0v) is 12.6. The number of hydrogen-bond donors (Lipinski definition) is 1. The van der Waals surface area contributed by atoms with Gasteiger partial charge in [0.15, 0.2) is 0 Å². The van der Waals surface area contributed by atoms with Crippen LogP contribution in [0.1, 0.15) is 0 Å². The van der Waals surface area contributed by atoms with Crippen molar-refractivity contribution in [3.8, 4) is 0 Å². The number of likely N-dealkylation sites (N-methyl/N-ethyl adjacent to an activating group) is 1. The molecule has 0 unspecified atom stereocenters. The summed E-state index contributed by atoms with van der Waals surface area (Å²) in [6.07, 6.45) is 2.16. The van der Waals surface area contributed by atoms with Crippen molar-refractivity contribution < 1.29 is 0 Å². The Morgan fingerprint density at radius 3 is 2.78 bits per heavy atom. The summed E-state index contributed by atoms with van der Waals surface area (Å²) in [6.45, 7) is 4.11. The van der Waals surface area contributed by atoms with Gasteiger partial charge in [-0.05, 0) is 36.1 Å². The summed E-state index contributed by atoms with van der Waals surface area (Å²) in [7, 11) is 4.19. The zero-order chi connectivity index (χ0) is 13.0. The molecule has 0 bridgehead atoms. The monoisotopic (exact) mass is 309 g/mol. The standard InChI is InChI=1S/C14H20BrN3/c1-17(2)9-7-16-8-10-18-11-13(15)12-5-3-4-6-14(12)18/h3-6,11,16H,7-10H2,1-2H3. The maximum absolute atomic E-state index is 3.61. The minimum atomic E-state index is 0.999. The Kier molecular flexibility index (Phi) is 4.80. The second kappa shape index (κ2) is 6.36. The van der Waals surface area contributed by atoms with Crippen LogP contribution in [0.5, 0.6) is 0 Å². The van der Waals surface area contributed by atoms with Gasteiger partial charge in [-0.3, -0.25) is 0 Å². The van der Waals surface area contributed by atoms with E-state index in [-0.39, 0.29) is 0 Å². The maximum atomic E-state index is 3.61. The summed E-state index contributed by atoms with van der Waals surface area (Å²) in [5.41, 5.74) is 1.29. The molecule has 0 spiro atoms. The highest BCUT2D eigenvalue weighted by Gasteiger charge is 2.04. The normalized spacial score (nSPS) is 11.6. The molecule has 1 aromatic heterocycles. The van der Waals surface area contributed by atoms with E-state index in [4.69, 9.17) is 0 Å². The summed E-state index contributed by atoms with van der Waals surface area (Å²) in [6, 6.07) is 8.48. The second-order valence-corrected chi connectivity index (χ2v) is 5.60. The van der Waals surface area contributed by atoms with Crippen LogP contribution in [0.4, 0.5) is 0 Å². The fourth-order valence-corrected chi connectivity index (χ4v) is 2.60. The van der Waals surface area contributed by atoms with E-state index in [1.807, 2.05) is 0 Å². The first kappa shape index (κ1) is 13.6. The molecule has 2 aromatic rings. The maximum Gasteiger partial charge on any atom is 0.0492 e. The highest BCUT2D eigenvalue weighted by atomic mass is 79.9. The average molecular weight is 310 g/mol. The minimum Gasteiger partial charge on any atom is -0.345 e. The molecular weight excluding hydrogens is 290 g/mol. The lowest BCUT2D eigenvalue weighted by Gasteiger charge is -2.11. The van der Waals surface area contributed by atoms with Gasteiger partial charge < -0.3 is 14.8 Å². The molecule has 98 valence electrons. The third-order valence-electron chi connectivity index (χ3n) is 3.01. The molecule has 18 heavy (non-hydrogen) atoms. The van der Waals surface area contributed by atoms with Crippen LogP contribution in [-0.2, 0) is 6.54 Å². The SMILES string of the molecule is CN(C)CCNCCn1cc(Br)c2ccccc21. The van der Waals surface area contributed by atoms with Crippen LogP contribution >= 0.6 is 15.9 Å². The van der Waals surface area contributed by atoms with Crippen LogP contribution in [0.3, 0.4) is 0 Å². The molecule has 0 saturated heterocycles. The van der Waals surface area contributed by atoms with Crippen molar-refractivity contribution in [3.05, 3.63) is 34.9 Å². The first-order chi connectivity index (χ1) is 8.68. The first-order valence-corrected chi connectivity index (χ1v) is 7.06. The van der Waals surface area contributed by atoms with E-state index in [1.165, 1.54) is 15.4 Å². The second-order valence-electron chi connectivity index (χ2n) is 4.74. The number of aromatic nitrogens is 1. The highest BCUT2D eigenvalue weighted by molar-refractivity contribution is 9.10. The molecule has 1 aromatic carbocycles. The summed E-state index contributed by atoms with van der Waals surface area (Å²) in [5, 5.41) is 4.74. The van der Waals surface area contributed by atoms with E-state index >= 15 is 0 Å². The number of nitrogens with one attached hydrogen (secondary N) is 1. The Balaban J connectivity index is 1.92. The Hall–Kier alpha value is -0.840. The van der Waals surface area contributed by atoms with Crippen LogP contribution in [0.25, 0.3) is 10.9 Å². The number of hydrogen-bond acceptors (Lipinski definition) is 2. The van der Waals surface area contributed by atoms with Crippen molar-refractivity contribution in [2.75, 3.05) is 33.7 Å². The van der Waals surface area contributed by atoms with E-state index in [1.54, 1.807) is 0 Å². The molecule has 0 atom stereocenters. The zero-order valence-electron chi connectivity index (χ0n) is 11.0. The predicted octanol–water partition coefficient (Wildman–Crippen LogP) is 2.56. The van der Waals surface area contributed by atoms with Crippen molar-refractivity contribution in [2.24, 2.45) is 0 Å². The molecule has 0 aliphatic heterocycles. The van der Waals surface area contributed by atoms with Gasteiger partial charge in [0, 0.05) is 47.8 Å². The number of fused-ring (bicyclic) bond motifs is 1. The van der Waals surface area contributed by atoms with Gasteiger partial charge in [0.2, 0.25) is 0 Å². The van der Waals surface area contributed by atoms with Crippen molar-refractivity contribution in [3.63, 3.8) is 0 Å². The topological polar surface area (TPSA) is 20.2 Å². The summed E-state index contributed by atoms with van der Waals surface area (Å²) in [4.78, 5) is 2.19. The summed E-state index contributed by atoms with van der Waals surface area (Å²) in [5.74, 6) is 0. The quantitative estimate of drug-likeness (QED) is 0.828. The van der Waals surface area contributed by atoms with E-state index in [0.29, 0.717) is 0 Å². The van der Waals surface area contributed by atoms with E-state index in [0.717, 1.165) is 26.2 Å². The molecular formula is C14H20BrN3. The molecule has 3 nitrogen and oxygen atoms in total. The lowest BCUT2D eigenvalue weighted by Crippen LogP contribution is -2.28. The molecule has 1 N–H and O–H groups in total. The molecule has 0 saturated carbocycles. The van der Waals surface area contributed by atoms with Crippen molar-refractivity contribution >= 4 is 26.8 Å². The number of para-hydroxylation sites is 1. The summed E-state index contributed by atoms with van der Waals surface area (Å²) >= 11 is 3.61. The lowest BCUT2D eigenvalue weighted by atomic mass is 10.2. The third kappa shape index (κ3) is 3.34. The molecule has 0 radical (unpaired) electrons. The molecule has 0 amide bonds. The van der Waals surface area contributed by atoms with Gasteiger partial charge in [0.1, 0.15) is 0 Å². The van der Waals surface area contributed by atoms with Crippen LogP contribution in [0, 0.1) is 0 Å². The predicted molar refractivity (Wildman–Crippen MR) is 81.1 cm³/mol. The largest absolute Gasteiger partial charge is 0.345 e. The van der Waals surface area contributed by atoms with Gasteiger partial charge in [-0.1, -0.05) is 18.2 Å². The Labute approximate surface area is 117 Å². The smallest absolute Gasteiger partial charge is 0.0492 e. The van der Waals surface area contributed by atoms with Crippen LogP contribution < -0.4 is 5.32 Å². The molecule has 4 heteroatoms. The highest BCUT2D eigenvalue weighted by Crippen LogP contribution is 2.25. The van der Waals surface area contributed by atoms with Crippen molar-refractivity contribution in [2.45, 2.75) is 6.54 Å². The molecule has 0 aliphatic rings. The molecule has 0 aliphatic carbocycles. The minimum absolute atomic E-state index is 0.999. The van der Waals surface area contributed by atoms with Gasteiger partial charge >= 0.3 is 0 Å². The number of rotatable bonds is 6. The van der Waals surface area contributed by atoms with Crippen molar-refractivity contribution in [1.29, 1.82) is 0 Å². The molecule has 0 fully saturated rings.